The molecule has 5 nitrogen and oxygen atoms in total. The van der Waals surface area contributed by atoms with Gasteiger partial charge in [0.2, 0.25) is 0 Å². The van der Waals surface area contributed by atoms with Gasteiger partial charge in [0.15, 0.2) is 0 Å². The van der Waals surface area contributed by atoms with E-state index in [1.54, 1.807) is 0 Å². The lowest BCUT2D eigenvalue weighted by atomic mass is 9.98. The quantitative estimate of drug-likeness (QED) is 0.821. The van der Waals surface area contributed by atoms with Crippen LogP contribution in [0.4, 0.5) is 0 Å². The number of hydrogen-bond donors (Lipinski definition) is 0. The van der Waals surface area contributed by atoms with Gasteiger partial charge in [0, 0.05) is 32.6 Å². The van der Waals surface area contributed by atoms with Gasteiger partial charge in [-0.25, -0.2) is 0 Å². The van der Waals surface area contributed by atoms with Crippen LogP contribution in [0.15, 0.2) is 30.3 Å². The van der Waals surface area contributed by atoms with Crippen LogP contribution < -0.4 is 0 Å². The summed E-state index contributed by atoms with van der Waals surface area (Å²) in [7, 11) is 1.99. The van der Waals surface area contributed by atoms with Crippen molar-refractivity contribution in [3.63, 3.8) is 0 Å². The third-order valence-corrected chi connectivity index (χ3v) is 4.83. The van der Waals surface area contributed by atoms with Crippen molar-refractivity contribution in [2.24, 2.45) is 13.0 Å². The third-order valence-electron chi connectivity index (χ3n) is 4.83. The lowest BCUT2D eigenvalue weighted by Crippen LogP contribution is -2.37. The first-order chi connectivity index (χ1) is 11.3. The molecule has 1 aliphatic carbocycles. The highest BCUT2D eigenvalue weighted by molar-refractivity contribution is 5.20. The molecule has 1 aliphatic heterocycles. The van der Waals surface area contributed by atoms with Crippen LogP contribution in [0.2, 0.25) is 0 Å². The van der Waals surface area contributed by atoms with Crippen LogP contribution in [0.5, 0.6) is 0 Å². The molecule has 1 aromatic carbocycles. The Kier molecular flexibility index (Phi) is 4.14. The van der Waals surface area contributed by atoms with Crippen molar-refractivity contribution in [2.45, 2.75) is 31.9 Å². The molecule has 1 unspecified atom stereocenters. The maximum absolute atomic E-state index is 6.01. The highest BCUT2D eigenvalue weighted by Crippen LogP contribution is 2.33. The Labute approximate surface area is 137 Å². The zero-order chi connectivity index (χ0) is 15.6. The van der Waals surface area contributed by atoms with Gasteiger partial charge < -0.3 is 4.74 Å². The number of aryl methyl sites for hydroxylation is 1. The fourth-order valence-electron chi connectivity index (χ4n) is 3.52. The molecule has 0 spiro atoms. The Morgan fingerprint density at radius 2 is 2.04 bits per heavy atom. The van der Waals surface area contributed by atoms with E-state index >= 15 is 0 Å². The monoisotopic (exact) mass is 312 g/mol. The average molecular weight is 312 g/mol. The lowest BCUT2D eigenvalue weighted by molar-refractivity contribution is 0.0835. The summed E-state index contributed by atoms with van der Waals surface area (Å²) in [5, 5.41) is 8.59. The molecule has 23 heavy (non-hydrogen) atoms. The molecule has 122 valence electrons. The van der Waals surface area contributed by atoms with E-state index in [1.165, 1.54) is 30.6 Å². The van der Waals surface area contributed by atoms with E-state index in [2.05, 4.69) is 39.5 Å². The van der Waals surface area contributed by atoms with Gasteiger partial charge in [-0.15, -0.1) is 5.10 Å². The van der Waals surface area contributed by atoms with Crippen LogP contribution >= 0.6 is 0 Å². The second-order valence-electron chi connectivity index (χ2n) is 6.88. The van der Waals surface area contributed by atoms with Gasteiger partial charge in [-0.2, -0.15) is 0 Å². The Hall–Kier alpha value is -1.72. The summed E-state index contributed by atoms with van der Waals surface area (Å²) in [6.07, 6.45) is 2.78. The molecular weight excluding hydrogens is 288 g/mol. The van der Waals surface area contributed by atoms with E-state index in [-0.39, 0.29) is 0 Å². The topological polar surface area (TPSA) is 43.2 Å². The molecule has 1 aromatic heterocycles. The van der Waals surface area contributed by atoms with Crippen molar-refractivity contribution in [2.75, 3.05) is 19.7 Å². The molecular formula is C18H24N4O. The summed E-state index contributed by atoms with van der Waals surface area (Å²) in [6.45, 7) is 4.59. The Bertz CT molecular complexity index is 650. The number of aromatic nitrogens is 3. The van der Waals surface area contributed by atoms with Gasteiger partial charge >= 0.3 is 0 Å². The van der Waals surface area contributed by atoms with Crippen molar-refractivity contribution >= 4 is 0 Å². The molecule has 0 N–H and O–H groups in total. The van der Waals surface area contributed by atoms with Gasteiger partial charge in [0.05, 0.1) is 18.9 Å². The van der Waals surface area contributed by atoms with E-state index in [9.17, 15) is 0 Å². The van der Waals surface area contributed by atoms with Crippen LogP contribution in [-0.4, -0.2) is 39.6 Å². The summed E-state index contributed by atoms with van der Waals surface area (Å²) in [5.41, 5.74) is 3.61. The highest BCUT2D eigenvalue weighted by atomic mass is 16.5. The maximum Gasteiger partial charge on any atom is 0.100 e. The number of rotatable bonds is 6. The smallest absolute Gasteiger partial charge is 0.100 e. The Balaban J connectivity index is 1.41. The van der Waals surface area contributed by atoms with Crippen molar-refractivity contribution in [1.82, 2.24) is 19.9 Å². The zero-order valence-electron chi connectivity index (χ0n) is 13.7. The molecule has 1 saturated carbocycles. The number of nitrogens with zero attached hydrogens (tertiary/aromatic N) is 4. The minimum Gasteiger partial charge on any atom is -0.376 e. The minimum absolute atomic E-state index is 0.362. The van der Waals surface area contributed by atoms with Gasteiger partial charge in [0.25, 0.3) is 0 Å². The molecule has 1 fully saturated rings. The molecule has 0 bridgehead atoms. The fourth-order valence-corrected chi connectivity index (χ4v) is 3.52. The first-order valence-electron chi connectivity index (χ1n) is 8.52. The standard InChI is InChI=1S/C18H24N4O/c1-21-18-16(13-23-12-15-5-3-2-4-6-15)10-22(9-14-7-8-14)11-17(18)19-20-21/h2-6,14,16H,7-13H2,1H3. The van der Waals surface area contributed by atoms with Crippen LogP contribution in [0, 0.1) is 5.92 Å². The van der Waals surface area contributed by atoms with Crippen molar-refractivity contribution in [3.8, 4) is 0 Å². The molecule has 2 heterocycles. The molecule has 2 aliphatic rings. The number of hydrogen-bond acceptors (Lipinski definition) is 4. The molecule has 0 saturated heterocycles. The maximum atomic E-state index is 6.01. The van der Waals surface area contributed by atoms with Gasteiger partial charge in [-0.05, 0) is 24.3 Å². The Morgan fingerprint density at radius 3 is 2.83 bits per heavy atom. The van der Waals surface area contributed by atoms with Crippen LogP contribution in [-0.2, 0) is 24.9 Å². The Morgan fingerprint density at radius 1 is 1.22 bits per heavy atom. The van der Waals surface area contributed by atoms with Crippen LogP contribution in [0.3, 0.4) is 0 Å². The normalized spacial score (nSPS) is 21.3. The summed E-state index contributed by atoms with van der Waals surface area (Å²) in [6, 6.07) is 10.4. The first-order valence-corrected chi connectivity index (χ1v) is 8.52. The molecule has 5 heteroatoms. The van der Waals surface area contributed by atoms with Crippen molar-refractivity contribution in [3.05, 3.63) is 47.3 Å². The summed E-state index contributed by atoms with van der Waals surface area (Å²) >= 11 is 0. The zero-order valence-corrected chi connectivity index (χ0v) is 13.7. The van der Waals surface area contributed by atoms with Gasteiger partial charge in [-0.3, -0.25) is 9.58 Å². The van der Waals surface area contributed by atoms with E-state index in [1.807, 2.05) is 17.8 Å². The molecule has 1 atom stereocenters. The molecule has 2 aromatic rings. The molecule has 0 radical (unpaired) electrons. The number of ether oxygens (including phenoxy) is 1. The average Bonchev–Trinajstić information content (AvgIpc) is 3.30. The third kappa shape index (κ3) is 3.46. The van der Waals surface area contributed by atoms with Crippen LogP contribution in [0.1, 0.15) is 35.7 Å². The highest BCUT2D eigenvalue weighted by Gasteiger charge is 2.33. The fraction of sp³-hybridized carbons (Fsp3) is 0.556. The number of benzene rings is 1. The van der Waals surface area contributed by atoms with E-state index in [0.29, 0.717) is 12.5 Å². The second kappa shape index (κ2) is 6.42. The number of fused-ring (bicyclic) bond motifs is 1. The summed E-state index contributed by atoms with van der Waals surface area (Å²) in [5.74, 6) is 1.26. The van der Waals surface area contributed by atoms with Gasteiger partial charge in [0.1, 0.15) is 5.69 Å². The van der Waals surface area contributed by atoms with E-state index < -0.39 is 0 Å². The van der Waals surface area contributed by atoms with Crippen LogP contribution in [0.25, 0.3) is 0 Å². The lowest BCUT2D eigenvalue weighted by Gasteiger charge is -2.32. The first kappa shape index (κ1) is 14.8. The molecule has 4 rings (SSSR count). The predicted octanol–water partition coefficient (Wildman–Crippen LogP) is 2.34. The van der Waals surface area contributed by atoms with E-state index in [0.717, 1.165) is 31.3 Å². The van der Waals surface area contributed by atoms with Crippen molar-refractivity contribution < 1.29 is 4.74 Å². The molecule has 0 amide bonds. The van der Waals surface area contributed by atoms with Crippen molar-refractivity contribution in [1.29, 1.82) is 0 Å². The minimum atomic E-state index is 0.362. The second-order valence-corrected chi connectivity index (χ2v) is 6.88. The largest absolute Gasteiger partial charge is 0.376 e. The van der Waals surface area contributed by atoms with Gasteiger partial charge in [-0.1, -0.05) is 35.5 Å². The SMILES string of the molecule is Cn1nnc2c1C(COCc1ccccc1)CN(CC1CC1)C2. The summed E-state index contributed by atoms with van der Waals surface area (Å²) in [4.78, 5) is 2.53. The predicted molar refractivity (Wildman–Crippen MR) is 87.8 cm³/mol. The summed E-state index contributed by atoms with van der Waals surface area (Å²) < 4.78 is 7.94. The van der Waals surface area contributed by atoms with E-state index in [4.69, 9.17) is 4.74 Å².